The van der Waals surface area contributed by atoms with Gasteiger partial charge in [-0.3, -0.25) is 10.3 Å². The van der Waals surface area contributed by atoms with Crippen LogP contribution in [0.25, 0.3) is 0 Å². The van der Waals surface area contributed by atoms with E-state index in [1.807, 2.05) is 12.1 Å². The number of pyridine rings is 1. The fourth-order valence-electron chi connectivity index (χ4n) is 2.20. The van der Waals surface area contributed by atoms with E-state index in [-0.39, 0.29) is 6.03 Å². The van der Waals surface area contributed by atoms with Crippen LogP contribution in [0.1, 0.15) is 5.56 Å². The lowest BCUT2D eigenvalue weighted by Gasteiger charge is -2.27. The first kappa shape index (κ1) is 15.2. The van der Waals surface area contributed by atoms with E-state index in [0.717, 1.165) is 18.7 Å². The molecular weight excluding hydrogens is 296 g/mol. The van der Waals surface area contributed by atoms with E-state index in [1.54, 1.807) is 17.3 Å². The molecule has 8 nitrogen and oxygen atoms in total. The van der Waals surface area contributed by atoms with Crippen molar-refractivity contribution in [2.45, 2.75) is 6.61 Å². The Labute approximate surface area is 133 Å². The molecule has 0 unspecified atom stereocenters. The average molecular weight is 314 g/mol. The zero-order valence-corrected chi connectivity index (χ0v) is 12.6. The van der Waals surface area contributed by atoms with Crippen LogP contribution in [-0.4, -0.2) is 52.1 Å². The van der Waals surface area contributed by atoms with E-state index in [9.17, 15) is 4.79 Å². The highest BCUT2D eigenvalue weighted by Crippen LogP contribution is 2.19. The maximum Gasteiger partial charge on any atom is 0.323 e. The highest BCUT2D eigenvalue weighted by molar-refractivity contribution is 5.89. The molecule has 0 spiro atoms. The van der Waals surface area contributed by atoms with E-state index in [0.29, 0.717) is 31.4 Å². The summed E-state index contributed by atoms with van der Waals surface area (Å²) in [4.78, 5) is 26.2. The van der Waals surface area contributed by atoms with Gasteiger partial charge in [-0.2, -0.15) is 0 Å². The second kappa shape index (κ2) is 7.50. The SMILES string of the molecule is O=C(Nc1nccnc1OCc1ccncc1)N1CCNCC1. The van der Waals surface area contributed by atoms with E-state index < -0.39 is 0 Å². The minimum absolute atomic E-state index is 0.194. The largest absolute Gasteiger partial charge is 0.470 e. The summed E-state index contributed by atoms with van der Waals surface area (Å²) in [6.07, 6.45) is 6.44. The second-order valence-electron chi connectivity index (χ2n) is 5.02. The number of carbonyl (C=O) groups is 1. The standard InChI is InChI=1S/C15H18N6O2/c22-15(21-9-7-17-8-10-21)20-13-14(19-6-5-18-13)23-11-12-1-3-16-4-2-12/h1-6,17H,7-11H2,(H,18,20,22). The lowest BCUT2D eigenvalue weighted by Crippen LogP contribution is -2.48. The van der Waals surface area contributed by atoms with Crippen molar-refractivity contribution in [3.05, 3.63) is 42.5 Å². The number of carbonyl (C=O) groups excluding carboxylic acids is 1. The monoisotopic (exact) mass is 314 g/mol. The summed E-state index contributed by atoms with van der Waals surface area (Å²) in [6, 6.07) is 3.52. The molecule has 0 radical (unpaired) electrons. The fourth-order valence-corrected chi connectivity index (χ4v) is 2.20. The van der Waals surface area contributed by atoms with Crippen LogP contribution >= 0.6 is 0 Å². The summed E-state index contributed by atoms with van der Waals surface area (Å²) in [5.74, 6) is 0.623. The Kier molecular flexibility index (Phi) is 4.95. The number of nitrogens with one attached hydrogen (secondary N) is 2. The maximum absolute atomic E-state index is 12.2. The van der Waals surface area contributed by atoms with Crippen molar-refractivity contribution < 1.29 is 9.53 Å². The number of rotatable bonds is 4. The summed E-state index contributed by atoms with van der Waals surface area (Å²) in [5, 5.41) is 5.97. The number of amides is 2. The van der Waals surface area contributed by atoms with Crippen LogP contribution in [0.4, 0.5) is 10.6 Å². The number of hydrogen-bond acceptors (Lipinski definition) is 6. The van der Waals surface area contributed by atoms with Crippen LogP contribution in [0, 0.1) is 0 Å². The molecule has 1 aliphatic heterocycles. The number of anilines is 1. The number of ether oxygens (including phenoxy) is 1. The Bertz CT molecular complexity index is 645. The number of urea groups is 1. The normalized spacial score (nSPS) is 14.3. The molecule has 2 aromatic rings. The number of piperazine rings is 1. The van der Waals surface area contributed by atoms with Crippen LogP contribution in [0.15, 0.2) is 36.9 Å². The Morgan fingerprint density at radius 1 is 1.17 bits per heavy atom. The Hall–Kier alpha value is -2.74. The molecule has 1 aliphatic rings. The molecule has 23 heavy (non-hydrogen) atoms. The van der Waals surface area contributed by atoms with Gasteiger partial charge in [-0.25, -0.2) is 14.8 Å². The molecule has 1 fully saturated rings. The maximum atomic E-state index is 12.2. The third kappa shape index (κ3) is 4.13. The Morgan fingerprint density at radius 3 is 2.70 bits per heavy atom. The first-order valence-electron chi connectivity index (χ1n) is 7.42. The molecule has 0 saturated carbocycles. The van der Waals surface area contributed by atoms with Crippen molar-refractivity contribution in [1.82, 2.24) is 25.2 Å². The van der Waals surface area contributed by atoms with E-state index in [4.69, 9.17) is 4.74 Å². The third-order valence-electron chi connectivity index (χ3n) is 3.42. The van der Waals surface area contributed by atoms with E-state index >= 15 is 0 Å². The highest BCUT2D eigenvalue weighted by atomic mass is 16.5. The van der Waals surface area contributed by atoms with Gasteiger partial charge in [0.1, 0.15) is 6.61 Å². The van der Waals surface area contributed by atoms with Gasteiger partial charge in [-0.1, -0.05) is 0 Å². The molecule has 2 N–H and O–H groups in total. The summed E-state index contributed by atoms with van der Waals surface area (Å²) in [5.41, 5.74) is 0.963. The average Bonchev–Trinajstić information content (AvgIpc) is 2.62. The van der Waals surface area contributed by atoms with Gasteiger partial charge in [0.15, 0.2) is 5.82 Å². The van der Waals surface area contributed by atoms with Crippen LogP contribution < -0.4 is 15.4 Å². The summed E-state index contributed by atoms with van der Waals surface area (Å²) in [6.45, 7) is 3.24. The van der Waals surface area contributed by atoms with Gasteiger partial charge in [0.25, 0.3) is 5.88 Å². The number of hydrogen-bond donors (Lipinski definition) is 2. The molecule has 3 rings (SSSR count). The van der Waals surface area contributed by atoms with Crippen molar-refractivity contribution in [2.75, 3.05) is 31.5 Å². The first-order valence-corrected chi connectivity index (χ1v) is 7.42. The topological polar surface area (TPSA) is 92.3 Å². The zero-order valence-electron chi connectivity index (χ0n) is 12.6. The summed E-state index contributed by atoms with van der Waals surface area (Å²) < 4.78 is 5.66. The molecular formula is C15H18N6O2. The van der Waals surface area contributed by atoms with Gasteiger partial charge < -0.3 is 15.0 Å². The van der Waals surface area contributed by atoms with Crippen LogP contribution in [0.5, 0.6) is 5.88 Å². The first-order chi connectivity index (χ1) is 11.3. The molecule has 120 valence electrons. The van der Waals surface area contributed by atoms with E-state index in [2.05, 4.69) is 25.6 Å². The molecule has 3 heterocycles. The van der Waals surface area contributed by atoms with Crippen molar-refractivity contribution in [3.8, 4) is 5.88 Å². The Balaban J connectivity index is 1.64. The summed E-state index contributed by atoms with van der Waals surface area (Å²) in [7, 11) is 0. The number of nitrogens with zero attached hydrogens (tertiary/aromatic N) is 4. The molecule has 2 aromatic heterocycles. The number of aromatic nitrogens is 3. The van der Waals surface area contributed by atoms with Crippen LogP contribution in [0.2, 0.25) is 0 Å². The van der Waals surface area contributed by atoms with Gasteiger partial charge in [-0.05, 0) is 17.7 Å². The molecule has 8 heteroatoms. The molecule has 2 amide bonds. The molecule has 0 aromatic carbocycles. The van der Waals surface area contributed by atoms with Crippen LogP contribution in [-0.2, 0) is 6.61 Å². The summed E-state index contributed by atoms with van der Waals surface area (Å²) >= 11 is 0. The minimum atomic E-state index is -0.194. The van der Waals surface area contributed by atoms with Crippen molar-refractivity contribution >= 4 is 11.8 Å². The van der Waals surface area contributed by atoms with Gasteiger partial charge in [0.05, 0.1) is 0 Å². The molecule has 1 saturated heterocycles. The predicted octanol–water partition coefficient (Wildman–Crippen LogP) is 0.888. The molecule has 0 bridgehead atoms. The van der Waals surface area contributed by atoms with Crippen molar-refractivity contribution in [1.29, 1.82) is 0 Å². The van der Waals surface area contributed by atoms with Gasteiger partial charge in [0, 0.05) is 51.0 Å². The van der Waals surface area contributed by atoms with Crippen LogP contribution in [0.3, 0.4) is 0 Å². The quantitative estimate of drug-likeness (QED) is 0.870. The smallest absolute Gasteiger partial charge is 0.323 e. The molecule has 0 aliphatic carbocycles. The zero-order chi connectivity index (χ0) is 15.9. The Morgan fingerprint density at radius 2 is 1.91 bits per heavy atom. The lowest BCUT2D eigenvalue weighted by molar-refractivity contribution is 0.203. The van der Waals surface area contributed by atoms with E-state index in [1.165, 1.54) is 12.4 Å². The third-order valence-corrected chi connectivity index (χ3v) is 3.42. The van der Waals surface area contributed by atoms with Crippen molar-refractivity contribution in [3.63, 3.8) is 0 Å². The molecule has 0 atom stereocenters. The fraction of sp³-hybridized carbons (Fsp3) is 0.333. The van der Waals surface area contributed by atoms with Gasteiger partial charge in [0.2, 0.25) is 0 Å². The minimum Gasteiger partial charge on any atom is -0.470 e. The van der Waals surface area contributed by atoms with Crippen molar-refractivity contribution in [2.24, 2.45) is 0 Å². The van der Waals surface area contributed by atoms with Gasteiger partial charge in [-0.15, -0.1) is 0 Å². The lowest BCUT2D eigenvalue weighted by atomic mass is 10.3. The highest BCUT2D eigenvalue weighted by Gasteiger charge is 2.18. The predicted molar refractivity (Wildman–Crippen MR) is 84.1 cm³/mol. The van der Waals surface area contributed by atoms with Gasteiger partial charge >= 0.3 is 6.03 Å². The second-order valence-corrected chi connectivity index (χ2v) is 5.02.